The highest BCUT2D eigenvalue weighted by molar-refractivity contribution is 5.90. The molecule has 0 saturated heterocycles. The summed E-state index contributed by atoms with van der Waals surface area (Å²) >= 11 is 0. The largest absolute Gasteiger partial charge is 0.445 e. The first-order valence-electron chi connectivity index (χ1n) is 7.03. The maximum Gasteiger partial charge on any atom is 0.408 e. The number of hydrogen-bond donors (Lipinski definition) is 4. The molecule has 0 fully saturated rings. The number of aliphatic hydroxyl groups excluding tert-OH is 1. The number of hydrogen-bond acceptors (Lipinski definition) is 5. The number of carbonyl (C=O) groups is 3. The molecule has 0 aliphatic heterocycles. The van der Waals surface area contributed by atoms with Gasteiger partial charge in [0.05, 0.1) is 19.1 Å². The molecule has 0 bridgehead atoms. The number of alkyl carbamates (subject to hydrolysis) is 1. The first-order chi connectivity index (χ1) is 10.3. The van der Waals surface area contributed by atoms with Crippen LogP contribution in [0.2, 0.25) is 0 Å². The van der Waals surface area contributed by atoms with Crippen molar-refractivity contribution in [2.45, 2.75) is 38.8 Å². The fourth-order valence-corrected chi connectivity index (χ4v) is 1.78. The number of carbonyl (C=O) groups excluding carboxylic acids is 3. The molecule has 0 aliphatic rings. The summed E-state index contributed by atoms with van der Waals surface area (Å²) in [5, 5.41) is 14.1. The molecule has 0 aromatic rings. The van der Waals surface area contributed by atoms with Crippen LogP contribution in [0.4, 0.5) is 4.79 Å². The van der Waals surface area contributed by atoms with Crippen molar-refractivity contribution >= 4 is 17.9 Å². The van der Waals surface area contributed by atoms with E-state index in [2.05, 4.69) is 17.2 Å². The lowest BCUT2D eigenvalue weighted by Crippen LogP contribution is -2.52. The van der Waals surface area contributed by atoms with Crippen molar-refractivity contribution in [1.29, 1.82) is 0 Å². The maximum atomic E-state index is 12.1. The molecule has 0 aliphatic carbocycles. The quantitative estimate of drug-likeness (QED) is 0.410. The molecule has 0 rings (SSSR count). The summed E-state index contributed by atoms with van der Waals surface area (Å²) < 4.78 is 4.70. The molecule has 0 aromatic heterocycles. The minimum atomic E-state index is -1.16. The topological polar surface area (TPSA) is 131 Å². The van der Waals surface area contributed by atoms with Crippen molar-refractivity contribution in [2.75, 3.05) is 13.2 Å². The number of primary amides is 1. The molecular formula is C14H25N3O5. The van der Waals surface area contributed by atoms with Crippen LogP contribution in [0, 0.1) is 5.92 Å². The zero-order valence-electron chi connectivity index (χ0n) is 13.0. The Morgan fingerprint density at radius 3 is 2.41 bits per heavy atom. The molecule has 0 saturated carbocycles. The zero-order chi connectivity index (χ0) is 17.1. The molecule has 8 heteroatoms. The molecular weight excluding hydrogens is 290 g/mol. The van der Waals surface area contributed by atoms with Crippen LogP contribution in [0.3, 0.4) is 0 Å². The van der Waals surface area contributed by atoms with Gasteiger partial charge in [-0.2, -0.15) is 0 Å². The van der Waals surface area contributed by atoms with Gasteiger partial charge in [-0.1, -0.05) is 26.5 Å². The fourth-order valence-electron chi connectivity index (χ4n) is 1.78. The lowest BCUT2D eigenvalue weighted by molar-refractivity contribution is -0.127. The van der Waals surface area contributed by atoms with Crippen LogP contribution in [-0.4, -0.2) is 48.3 Å². The molecule has 0 unspecified atom stereocenters. The maximum absolute atomic E-state index is 12.1. The standard InChI is InChI=1S/C14H25N3O5/c1-4-5-22-14(21)17-11(7-12(15)19)13(20)16-10(8-18)6-9(2)3/h4,9-11,18H,1,5-8H2,2-3H3,(H2,15,19)(H,16,20)(H,17,21)/t10-,11-/m0/s1. The van der Waals surface area contributed by atoms with Crippen LogP contribution >= 0.6 is 0 Å². The molecule has 0 aromatic carbocycles. The first kappa shape index (κ1) is 19.9. The zero-order valence-corrected chi connectivity index (χ0v) is 13.0. The predicted octanol–water partition coefficient (Wildman–Crippen LogP) is -0.334. The molecule has 0 radical (unpaired) electrons. The third-order valence-electron chi connectivity index (χ3n) is 2.67. The van der Waals surface area contributed by atoms with Gasteiger partial charge in [-0.25, -0.2) is 4.79 Å². The van der Waals surface area contributed by atoms with Gasteiger partial charge in [0.1, 0.15) is 12.6 Å². The van der Waals surface area contributed by atoms with E-state index in [1.807, 2.05) is 13.8 Å². The smallest absolute Gasteiger partial charge is 0.408 e. The van der Waals surface area contributed by atoms with Crippen LogP contribution in [0.15, 0.2) is 12.7 Å². The molecule has 5 N–H and O–H groups in total. The number of nitrogens with one attached hydrogen (secondary N) is 2. The molecule has 2 atom stereocenters. The van der Waals surface area contributed by atoms with Crippen molar-refractivity contribution in [3.8, 4) is 0 Å². The van der Waals surface area contributed by atoms with Crippen LogP contribution in [0.1, 0.15) is 26.7 Å². The number of ether oxygens (including phenoxy) is 1. The van der Waals surface area contributed by atoms with Crippen molar-refractivity contribution in [3.63, 3.8) is 0 Å². The predicted molar refractivity (Wildman–Crippen MR) is 80.8 cm³/mol. The Kier molecular flexibility index (Phi) is 9.60. The lowest BCUT2D eigenvalue weighted by atomic mass is 10.0. The second-order valence-electron chi connectivity index (χ2n) is 5.27. The third-order valence-corrected chi connectivity index (χ3v) is 2.67. The van der Waals surface area contributed by atoms with Gasteiger partial charge in [-0.15, -0.1) is 0 Å². The van der Waals surface area contributed by atoms with E-state index < -0.39 is 30.0 Å². The summed E-state index contributed by atoms with van der Waals surface area (Å²) in [6, 6.07) is -1.62. The number of aliphatic hydroxyl groups is 1. The highest BCUT2D eigenvalue weighted by Crippen LogP contribution is 2.05. The minimum absolute atomic E-state index is 0.0244. The van der Waals surface area contributed by atoms with E-state index in [1.165, 1.54) is 6.08 Å². The van der Waals surface area contributed by atoms with Gasteiger partial charge in [0.2, 0.25) is 11.8 Å². The van der Waals surface area contributed by atoms with Crippen molar-refractivity contribution < 1.29 is 24.2 Å². The van der Waals surface area contributed by atoms with Gasteiger partial charge < -0.3 is 26.2 Å². The SMILES string of the molecule is C=CCOC(=O)N[C@@H](CC(N)=O)C(=O)N[C@H](CO)CC(C)C. The van der Waals surface area contributed by atoms with E-state index in [-0.39, 0.29) is 25.6 Å². The van der Waals surface area contributed by atoms with Crippen molar-refractivity contribution in [1.82, 2.24) is 10.6 Å². The van der Waals surface area contributed by atoms with Crippen molar-refractivity contribution in [3.05, 3.63) is 12.7 Å². The van der Waals surface area contributed by atoms with Crippen molar-refractivity contribution in [2.24, 2.45) is 11.7 Å². The van der Waals surface area contributed by atoms with Gasteiger partial charge in [-0.3, -0.25) is 9.59 Å². The second kappa shape index (κ2) is 10.6. The van der Waals surface area contributed by atoms with E-state index in [1.54, 1.807) is 0 Å². The summed E-state index contributed by atoms with van der Waals surface area (Å²) in [6.07, 6.45) is 0.708. The normalized spacial score (nSPS) is 13.1. The van der Waals surface area contributed by atoms with Gasteiger partial charge in [-0.05, 0) is 12.3 Å². The summed E-state index contributed by atoms with van der Waals surface area (Å²) in [4.78, 5) is 34.6. The highest BCUT2D eigenvalue weighted by atomic mass is 16.5. The summed E-state index contributed by atoms with van der Waals surface area (Å²) in [7, 11) is 0. The highest BCUT2D eigenvalue weighted by Gasteiger charge is 2.25. The molecule has 0 spiro atoms. The first-order valence-corrected chi connectivity index (χ1v) is 7.03. The number of amides is 3. The number of rotatable bonds is 10. The Bertz CT molecular complexity index is 398. The lowest BCUT2D eigenvalue weighted by Gasteiger charge is -2.22. The second-order valence-corrected chi connectivity index (χ2v) is 5.27. The van der Waals surface area contributed by atoms with Crippen LogP contribution < -0.4 is 16.4 Å². The summed E-state index contributed by atoms with van der Waals surface area (Å²) in [5.41, 5.74) is 5.07. The average Bonchev–Trinajstić information content (AvgIpc) is 2.42. The molecule has 0 heterocycles. The van der Waals surface area contributed by atoms with E-state index in [9.17, 15) is 19.5 Å². The van der Waals surface area contributed by atoms with Crippen LogP contribution in [-0.2, 0) is 14.3 Å². The Morgan fingerprint density at radius 1 is 1.32 bits per heavy atom. The van der Waals surface area contributed by atoms with E-state index in [4.69, 9.17) is 10.5 Å². The minimum Gasteiger partial charge on any atom is -0.445 e. The van der Waals surface area contributed by atoms with Crippen LogP contribution in [0.5, 0.6) is 0 Å². The van der Waals surface area contributed by atoms with E-state index >= 15 is 0 Å². The molecule has 3 amide bonds. The Balaban J connectivity index is 4.71. The van der Waals surface area contributed by atoms with Crippen LogP contribution in [0.25, 0.3) is 0 Å². The molecule has 8 nitrogen and oxygen atoms in total. The number of nitrogens with two attached hydrogens (primary N) is 1. The summed E-state index contributed by atoms with van der Waals surface area (Å²) in [6.45, 7) is 7.01. The average molecular weight is 315 g/mol. The third kappa shape index (κ3) is 8.96. The fraction of sp³-hybridized carbons (Fsp3) is 0.643. The molecule has 22 heavy (non-hydrogen) atoms. The monoisotopic (exact) mass is 315 g/mol. The Hall–Kier alpha value is -2.09. The van der Waals surface area contributed by atoms with Gasteiger partial charge in [0, 0.05) is 0 Å². The summed E-state index contributed by atoms with van der Waals surface area (Å²) in [5.74, 6) is -1.08. The van der Waals surface area contributed by atoms with Gasteiger partial charge in [0.15, 0.2) is 0 Å². The Labute approximate surface area is 130 Å². The van der Waals surface area contributed by atoms with E-state index in [0.717, 1.165) is 0 Å². The Morgan fingerprint density at radius 2 is 1.95 bits per heavy atom. The van der Waals surface area contributed by atoms with Gasteiger partial charge >= 0.3 is 6.09 Å². The van der Waals surface area contributed by atoms with Gasteiger partial charge in [0.25, 0.3) is 0 Å². The molecule has 126 valence electrons. The van der Waals surface area contributed by atoms with E-state index in [0.29, 0.717) is 6.42 Å².